The van der Waals surface area contributed by atoms with Crippen LogP contribution in [0.1, 0.15) is 30.1 Å². The van der Waals surface area contributed by atoms with Gasteiger partial charge in [-0.25, -0.2) is 4.39 Å². The van der Waals surface area contributed by atoms with Gasteiger partial charge in [-0.1, -0.05) is 11.6 Å². The molecule has 1 aliphatic rings. The van der Waals surface area contributed by atoms with Gasteiger partial charge in [-0.15, -0.1) is 11.8 Å². The number of Topliss-reactive ketones (excluding diaryl/α,β-unsaturated/α-hetero) is 1. The predicted octanol–water partition coefficient (Wildman–Crippen LogP) is 4.71. The average Bonchev–Trinajstić information content (AvgIpc) is 2.74. The monoisotopic (exact) mass is 336 g/mol. The summed E-state index contributed by atoms with van der Waals surface area (Å²) >= 11 is 10.5. The Morgan fingerprint density at radius 3 is 2.88 bits per heavy atom. The van der Waals surface area contributed by atoms with E-state index in [4.69, 9.17) is 11.6 Å². The van der Waals surface area contributed by atoms with E-state index in [1.807, 2.05) is 6.92 Å². The molecular weight excluding hydrogens is 327 g/mol. The molecule has 0 bridgehead atoms. The van der Waals surface area contributed by atoms with Crippen molar-refractivity contribution in [2.75, 3.05) is 5.75 Å². The first kappa shape index (κ1) is 13.4. The minimum atomic E-state index is -0.625. The fraction of sp³-hybridized carbons (Fsp3) is 0.417. The van der Waals surface area contributed by atoms with Crippen LogP contribution in [0.2, 0.25) is 5.02 Å². The third-order valence-electron chi connectivity index (χ3n) is 2.98. The molecule has 0 amide bonds. The first-order valence-electron chi connectivity index (χ1n) is 5.28. The van der Waals surface area contributed by atoms with Gasteiger partial charge in [0.15, 0.2) is 11.6 Å². The average molecular weight is 338 g/mol. The maximum absolute atomic E-state index is 13.9. The van der Waals surface area contributed by atoms with Gasteiger partial charge in [0.25, 0.3) is 0 Å². The van der Waals surface area contributed by atoms with E-state index in [1.165, 1.54) is 6.07 Å². The molecule has 1 atom stereocenters. The largest absolute Gasteiger partial charge is 0.293 e. The molecule has 17 heavy (non-hydrogen) atoms. The second-order valence-corrected chi connectivity index (χ2v) is 7.07. The molecule has 0 spiro atoms. The molecule has 1 fully saturated rings. The van der Waals surface area contributed by atoms with E-state index in [0.717, 1.165) is 18.6 Å². The zero-order chi connectivity index (χ0) is 12.6. The standard InChI is InChI=1S/C12H11BrClFOS/c1-12(5-2-6-17-12)11(16)7-3-4-8(13)9(14)10(7)15/h3-4H,2,5-6H2,1H3. The molecule has 5 heteroatoms. The summed E-state index contributed by atoms with van der Waals surface area (Å²) in [6, 6.07) is 3.11. The summed E-state index contributed by atoms with van der Waals surface area (Å²) in [7, 11) is 0. The van der Waals surface area contributed by atoms with Gasteiger partial charge in [-0.2, -0.15) is 0 Å². The lowest BCUT2D eigenvalue weighted by atomic mass is 9.94. The third-order valence-corrected chi connectivity index (χ3v) is 5.76. The second-order valence-electron chi connectivity index (χ2n) is 4.23. The summed E-state index contributed by atoms with van der Waals surface area (Å²) in [6.45, 7) is 1.88. The molecule has 0 aliphatic carbocycles. The normalized spacial score (nSPS) is 24.0. The molecule has 1 saturated heterocycles. The van der Waals surface area contributed by atoms with Crippen LogP contribution in [0.25, 0.3) is 0 Å². The minimum Gasteiger partial charge on any atom is -0.293 e. The number of hydrogen-bond donors (Lipinski definition) is 0. The SMILES string of the molecule is CC1(C(=O)c2ccc(Br)c(Cl)c2F)CCCS1. The van der Waals surface area contributed by atoms with Gasteiger partial charge < -0.3 is 0 Å². The lowest BCUT2D eigenvalue weighted by molar-refractivity contribution is 0.0945. The van der Waals surface area contributed by atoms with E-state index in [1.54, 1.807) is 17.8 Å². The predicted molar refractivity (Wildman–Crippen MR) is 73.5 cm³/mol. The summed E-state index contributed by atoms with van der Waals surface area (Å²) in [5.74, 6) is 0.167. The highest BCUT2D eigenvalue weighted by atomic mass is 79.9. The van der Waals surface area contributed by atoms with Crippen LogP contribution in [0, 0.1) is 5.82 Å². The van der Waals surface area contributed by atoms with Gasteiger partial charge >= 0.3 is 0 Å². The Labute approximate surface area is 117 Å². The molecule has 2 rings (SSSR count). The smallest absolute Gasteiger partial charge is 0.181 e. The number of rotatable bonds is 2. The van der Waals surface area contributed by atoms with E-state index in [9.17, 15) is 9.18 Å². The van der Waals surface area contributed by atoms with Crippen molar-refractivity contribution in [3.8, 4) is 0 Å². The molecular formula is C12H11BrClFOS. The van der Waals surface area contributed by atoms with Crippen molar-refractivity contribution in [3.63, 3.8) is 0 Å². The van der Waals surface area contributed by atoms with E-state index >= 15 is 0 Å². The van der Waals surface area contributed by atoms with E-state index < -0.39 is 10.6 Å². The number of halogens is 3. The Balaban J connectivity index is 2.41. The molecule has 1 aromatic rings. The van der Waals surface area contributed by atoms with Crippen molar-refractivity contribution in [3.05, 3.63) is 33.0 Å². The quantitative estimate of drug-likeness (QED) is 0.574. The number of hydrogen-bond acceptors (Lipinski definition) is 2. The molecule has 92 valence electrons. The first-order chi connectivity index (χ1) is 7.96. The topological polar surface area (TPSA) is 17.1 Å². The number of ketones is 1. The highest BCUT2D eigenvalue weighted by Crippen LogP contribution is 2.41. The van der Waals surface area contributed by atoms with Crippen LogP contribution in [0.5, 0.6) is 0 Å². The van der Waals surface area contributed by atoms with Gasteiger partial charge in [0.2, 0.25) is 0 Å². The first-order valence-corrected chi connectivity index (χ1v) is 7.43. The lowest BCUT2D eigenvalue weighted by Gasteiger charge is -2.21. The zero-order valence-corrected chi connectivity index (χ0v) is 12.4. The summed E-state index contributed by atoms with van der Waals surface area (Å²) in [4.78, 5) is 12.3. The van der Waals surface area contributed by atoms with Crippen LogP contribution in [-0.4, -0.2) is 16.3 Å². The minimum absolute atomic E-state index is 0.0255. The van der Waals surface area contributed by atoms with Crippen LogP contribution in [-0.2, 0) is 0 Å². The summed E-state index contributed by atoms with van der Waals surface area (Å²) in [5.41, 5.74) is 0.0927. The highest BCUT2D eigenvalue weighted by molar-refractivity contribution is 9.10. The Morgan fingerprint density at radius 1 is 1.59 bits per heavy atom. The Morgan fingerprint density at radius 2 is 2.29 bits per heavy atom. The Hall–Kier alpha value is -0.0600. The maximum Gasteiger partial charge on any atom is 0.181 e. The molecule has 1 aliphatic heterocycles. The van der Waals surface area contributed by atoms with Crippen molar-refractivity contribution in [2.45, 2.75) is 24.5 Å². The summed E-state index contributed by atoms with van der Waals surface area (Å²) in [6.07, 6.45) is 1.79. The number of carbonyl (C=O) groups excluding carboxylic acids is 1. The zero-order valence-electron chi connectivity index (χ0n) is 9.23. The number of thioether (sulfide) groups is 1. The van der Waals surface area contributed by atoms with Gasteiger partial charge in [-0.3, -0.25) is 4.79 Å². The van der Waals surface area contributed by atoms with Crippen LogP contribution < -0.4 is 0 Å². The Bertz CT molecular complexity index is 472. The van der Waals surface area contributed by atoms with Gasteiger partial charge in [0, 0.05) is 4.47 Å². The van der Waals surface area contributed by atoms with Crippen molar-refractivity contribution in [2.24, 2.45) is 0 Å². The summed E-state index contributed by atoms with van der Waals surface area (Å²) in [5, 5.41) is -0.0255. The van der Waals surface area contributed by atoms with E-state index in [2.05, 4.69) is 15.9 Å². The molecule has 1 nitrogen and oxygen atoms in total. The molecule has 0 radical (unpaired) electrons. The maximum atomic E-state index is 13.9. The van der Waals surface area contributed by atoms with Gasteiger partial charge in [0.1, 0.15) is 0 Å². The molecule has 0 saturated carbocycles. The van der Waals surface area contributed by atoms with Crippen molar-refractivity contribution in [1.82, 2.24) is 0 Å². The van der Waals surface area contributed by atoms with Crippen LogP contribution in [0.15, 0.2) is 16.6 Å². The van der Waals surface area contributed by atoms with Crippen molar-refractivity contribution < 1.29 is 9.18 Å². The van der Waals surface area contributed by atoms with E-state index in [-0.39, 0.29) is 16.4 Å². The molecule has 0 N–H and O–H groups in total. The van der Waals surface area contributed by atoms with Crippen LogP contribution in [0.4, 0.5) is 4.39 Å². The lowest BCUT2D eigenvalue weighted by Crippen LogP contribution is -2.29. The molecule has 1 aromatic carbocycles. The fourth-order valence-corrected chi connectivity index (χ4v) is 3.68. The molecule has 1 unspecified atom stereocenters. The number of benzene rings is 1. The van der Waals surface area contributed by atoms with Crippen molar-refractivity contribution >= 4 is 45.1 Å². The van der Waals surface area contributed by atoms with Gasteiger partial charge in [-0.05, 0) is 53.6 Å². The second kappa shape index (κ2) is 4.90. The van der Waals surface area contributed by atoms with Crippen LogP contribution >= 0.6 is 39.3 Å². The number of carbonyl (C=O) groups is 1. The van der Waals surface area contributed by atoms with Crippen molar-refractivity contribution in [1.29, 1.82) is 0 Å². The summed E-state index contributed by atoms with van der Waals surface area (Å²) < 4.78 is 13.9. The third kappa shape index (κ3) is 2.40. The molecule has 1 heterocycles. The highest BCUT2D eigenvalue weighted by Gasteiger charge is 2.39. The molecule has 0 aromatic heterocycles. The van der Waals surface area contributed by atoms with Gasteiger partial charge in [0.05, 0.1) is 15.3 Å². The Kier molecular flexibility index (Phi) is 3.86. The van der Waals surface area contributed by atoms with Crippen LogP contribution in [0.3, 0.4) is 0 Å². The fourth-order valence-electron chi connectivity index (χ4n) is 1.94. The van der Waals surface area contributed by atoms with E-state index in [0.29, 0.717) is 4.47 Å².